The minimum absolute atomic E-state index is 0.0430. The Morgan fingerprint density at radius 2 is 2.32 bits per heavy atom. The highest BCUT2D eigenvalue weighted by Gasteiger charge is 2.21. The maximum Gasteiger partial charge on any atom is 0.300 e. The van der Waals surface area contributed by atoms with Crippen LogP contribution in [-0.4, -0.2) is 47.4 Å². The Kier molecular flexibility index (Phi) is 5.65. The second-order valence-corrected chi connectivity index (χ2v) is 4.32. The lowest BCUT2D eigenvalue weighted by Gasteiger charge is -2.13. The molecule has 104 valence electrons. The van der Waals surface area contributed by atoms with Crippen LogP contribution in [-0.2, 0) is 0 Å². The number of nitrogens with zero attached hydrogens (tertiary/aromatic N) is 3. The lowest BCUT2D eigenvalue weighted by molar-refractivity contribution is -0.385. The first-order valence-electron chi connectivity index (χ1n) is 5.72. The zero-order valence-corrected chi connectivity index (χ0v) is 11.5. The van der Waals surface area contributed by atoms with Crippen molar-refractivity contribution in [1.82, 2.24) is 15.2 Å². The average molecular weight is 287 g/mol. The summed E-state index contributed by atoms with van der Waals surface area (Å²) >= 11 is 5.65. The van der Waals surface area contributed by atoms with Crippen LogP contribution in [0.5, 0.6) is 0 Å². The predicted molar refractivity (Wildman–Crippen MR) is 71.4 cm³/mol. The second kappa shape index (κ2) is 7.01. The van der Waals surface area contributed by atoms with Gasteiger partial charge >= 0.3 is 0 Å². The molecule has 0 atom stereocenters. The van der Waals surface area contributed by atoms with Gasteiger partial charge in [0.1, 0.15) is 16.9 Å². The zero-order valence-electron chi connectivity index (χ0n) is 10.7. The fraction of sp³-hybridized carbons (Fsp3) is 0.455. The molecule has 0 unspecified atom stereocenters. The number of nitro groups is 1. The summed E-state index contributed by atoms with van der Waals surface area (Å²) in [5.41, 5.74) is -0.435. The number of hydrogen-bond acceptors (Lipinski definition) is 5. The van der Waals surface area contributed by atoms with Gasteiger partial charge in [0.15, 0.2) is 0 Å². The third-order valence-corrected chi connectivity index (χ3v) is 2.82. The Balaban J connectivity index is 2.76. The van der Waals surface area contributed by atoms with Gasteiger partial charge in [-0.25, -0.2) is 4.98 Å². The summed E-state index contributed by atoms with van der Waals surface area (Å²) in [6.45, 7) is 3.92. The summed E-state index contributed by atoms with van der Waals surface area (Å²) in [7, 11) is 1.91. The van der Waals surface area contributed by atoms with Gasteiger partial charge in [-0.3, -0.25) is 14.9 Å². The molecule has 8 heteroatoms. The van der Waals surface area contributed by atoms with E-state index in [1.165, 1.54) is 6.07 Å². The fourth-order valence-electron chi connectivity index (χ4n) is 1.36. The molecule has 0 aliphatic heterocycles. The molecular formula is C11H15ClN4O3. The minimum Gasteiger partial charge on any atom is -0.351 e. The van der Waals surface area contributed by atoms with Crippen molar-refractivity contribution in [3.05, 3.63) is 33.1 Å². The van der Waals surface area contributed by atoms with E-state index in [0.29, 0.717) is 13.1 Å². The van der Waals surface area contributed by atoms with E-state index < -0.39 is 10.8 Å². The van der Waals surface area contributed by atoms with Crippen molar-refractivity contribution in [3.63, 3.8) is 0 Å². The molecule has 0 aromatic carbocycles. The summed E-state index contributed by atoms with van der Waals surface area (Å²) < 4.78 is 0. The van der Waals surface area contributed by atoms with Crippen molar-refractivity contribution < 1.29 is 9.72 Å². The number of pyridine rings is 1. The van der Waals surface area contributed by atoms with E-state index in [-0.39, 0.29) is 16.4 Å². The number of likely N-dealkylation sites (N-methyl/N-ethyl adjacent to an activating group) is 1. The Morgan fingerprint density at radius 1 is 1.63 bits per heavy atom. The van der Waals surface area contributed by atoms with E-state index in [1.807, 2.05) is 18.9 Å². The van der Waals surface area contributed by atoms with Crippen molar-refractivity contribution in [2.45, 2.75) is 6.92 Å². The predicted octanol–water partition coefficient (Wildman–Crippen LogP) is 1.32. The molecule has 1 amide bonds. The van der Waals surface area contributed by atoms with Crippen molar-refractivity contribution in [2.75, 3.05) is 26.7 Å². The van der Waals surface area contributed by atoms with Crippen LogP contribution in [0.2, 0.25) is 5.15 Å². The number of nitrogens with one attached hydrogen (secondary N) is 1. The van der Waals surface area contributed by atoms with Crippen LogP contribution in [0.15, 0.2) is 12.3 Å². The smallest absolute Gasteiger partial charge is 0.300 e. The van der Waals surface area contributed by atoms with Gasteiger partial charge in [-0.1, -0.05) is 18.5 Å². The highest BCUT2D eigenvalue weighted by Crippen LogP contribution is 2.19. The van der Waals surface area contributed by atoms with E-state index in [9.17, 15) is 14.9 Å². The molecule has 0 aliphatic rings. The molecule has 1 rings (SSSR count). The highest BCUT2D eigenvalue weighted by molar-refractivity contribution is 6.29. The van der Waals surface area contributed by atoms with E-state index in [4.69, 9.17) is 11.6 Å². The second-order valence-electron chi connectivity index (χ2n) is 3.93. The monoisotopic (exact) mass is 286 g/mol. The maximum atomic E-state index is 11.9. The van der Waals surface area contributed by atoms with E-state index in [0.717, 1.165) is 12.7 Å². The van der Waals surface area contributed by atoms with Crippen LogP contribution >= 0.6 is 11.6 Å². The van der Waals surface area contributed by atoms with Crippen LogP contribution in [0.3, 0.4) is 0 Å². The third-order valence-electron chi connectivity index (χ3n) is 2.61. The first-order chi connectivity index (χ1) is 8.95. The number of halogens is 1. The Bertz CT molecular complexity index is 481. The normalized spacial score (nSPS) is 10.5. The molecule has 19 heavy (non-hydrogen) atoms. The van der Waals surface area contributed by atoms with Crippen molar-refractivity contribution in [2.24, 2.45) is 0 Å². The van der Waals surface area contributed by atoms with Crippen LogP contribution < -0.4 is 5.32 Å². The SMILES string of the molecule is CCN(C)CCNC(=O)c1cc(Cl)ncc1[N+](=O)[O-]. The quantitative estimate of drug-likeness (QED) is 0.484. The molecule has 1 aromatic rings. The van der Waals surface area contributed by atoms with E-state index in [2.05, 4.69) is 10.3 Å². The molecule has 1 heterocycles. The average Bonchev–Trinajstić information content (AvgIpc) is 2.37. The van der Waals surface area contributed by atoms with Gasteiger partial charge in [-0.2, -0.15) is 0 Å². The summed E-state index contributed by atoms with van der Waals surface area (Å²) in [5, 5.41) is 13.5. The van der Waals surface area contributed by atoms with E-state index in [1.54, 1.807) is 0 Å². The molecule has 0 saturated carbocycles. The van der Waals surface area contributed by atoms with Crippen LogP contribution in [0.25, 0.3) is 0 Å². The lowest BCUT2D eigenvalue weighted by Crippen LogP contribution is -2.33. The zero-order chi connectivity index (χ0) is 14.4. The minimum atomic E-state index is -0.656. The highest BCUT2D eigenvalue weighted by atomic mass is 35.5. The van der Waals surface area contributed by atoms with Gasteiger partial charge < -0.3 is 10.2 Å². The van der Waals surface area contributed by atoms with Gasteiger partial charge in [0.2, 0.25) is 0 Å². The number of amides is 1. The molecule has 1 aromatic heterocycles. The summed E-state index contributed by atoms with van der Waals surface area (Å²) in [5.74, 6) is -0.527. The number of hydrogen-bond donors (Lipinski definition) is 1. The van der Waals surface area contributed by atoms with Crippen molar-refractivity contribution in [3.8, 4) is 0 Å². The first kappa shape index (κ1) is 15.3. The maximum absolute atomic E-state index is 11.9. The van der Waals surface area contributed by atoms with Gasteiger partial charge in [-0.15, -0.1) is 0 Å². The van der Waals surface area contributed by atoms with Gasteiger partial charge in [0.05, 0.1) is 4.92 Å². The summed E-state index contributed by atoms with van der Waals surface area (Å²) in [6, 6.07) is 1.19. The molecule has 0 saturated heterocycles. The van der Waals surface area contributed by atoms with Crippen molar-refractivity contribution in [1.29, 1.82) is 0 Å². The van der Waals surface area contributed by atoms with E-state index >= 15 is 0 Å². The third kappa shape index (κ3) is 4.46. The Hall–Kier alpha value is -1.73. The first-order valence-corrected chi connectivity index (χ1v) is 6.10. The molecule has 7 nitrogen and oxygen atoms in total. The Morgan fingerprint density at radius 3 is 2.89 bits per heavy atom. The largest absolute Gasteiger partial charge is 0.351 e. The molecule has 0 radical (unpaired) electrons. The number of aromatic nitrogens is 1. The number of rotatable bonds is 6. The number of carbonyl (C=O) groups excluding carboxylic acids is 1. The topological polar surface area (TPSA) is 88.4 Å². The lowest BCUT2D eigenvalue weighted by atomic mass is 10.2. The summed E-state index contributed by atoms with van der Waals surface area (Å²) in [6.07, 6.45) is 0.982. The summed E-state index contributed by atoms with van der Waals surface area (Å²) in [4.78, 5) is 27.6. The molecule has 0 bridgehead atoms. The fourth-order valence-corrected chi connectivity index (χ4v) is 1.52. The van der Waals surface area contributed by atoms with Crippen LogP contribution in [0, 0.1) is 10.1 Å². The molecule has 0 spiro atoms. The Labute approximate surface area is 115 Å². The van der Waals surface area contributed by atoms with Gasteiger partial charge in [-0.05, 0) is 19.7 Å². The molecule has 0 fully saturated rings. The van der Waals surface area contributed by atoms with Crippen LogP contribution in [0.1, 0.15) is 17.3 Å². The van der Waals surface area contributed by atoms with Gasteiger partial charge in [0.25, 0.3) is 11.6 Å². The van der Waals surface area contributed by atoms with Crippen LogP contribution in [0.4, 0.5) is 5.69 Å². The standard InChI is InChI=1S/C11H15ClN4O3/c1-3-15(2)5-4-13-11(17)8-6-10(12)14-7-9(8)16(18)19/h6-7H,3-5H2,1-2H3,(H,13,17). The van der Waals surface area contributed by atoms with Crippen molar-refractivity contribution >= 4 is 23.2 Å². The molecular weight excluding hydrogens is 272 g/mol. The molecule has 0 aliphatic carbocycles. The van der Waals surface area contributed by atoms with Gasteiger partial charge in [0, 0.05) is 13.1 Å². The number of carbonyl (C=O) groups is 1. The molecule has 1 N–H and O–H groups in total.